The van der Waals surface area contributed by atoms with Gasteiger partial charge >= 0.3 is 0 Å². The highest BCUT2D eigenvalue weighted by atomic mass is 16.5. The molecule has 2 heterocycles. The smallest absolute Gasteiger partial charge is 0.211 e. The van der Waals surface area contributed by atoms with Gasteiger partial charge in [-0.1, -0.05) is 6.07 Å². The lowest BCUT2D eigenvalue weighted by Crippen LogP contribution is -2.47. The van der Waals surface area contributed by atoms with Gasteiger partial charge in [-0.2, -0.15) is 0 Å². The Balaban J connectivity index is 1.78. The molecule has 1 aromatic heterocycles. The van der Waals surface area contributed by atoms with E-state index in [-0.39, 0.29) is 29.5 Å². The second-order valence-electron chi connectivity index (χ2n) is 7.84. The van der Waals surface area contributed by atoms with Crippen LogP contribution in [0.1, 0.15) is 60.6 Å². The fourth-order valence-electron chi connectivity index (χ4n) is 4.50. The summed E-state index contributed by atoms with van der Waals surface area (Å²) >= 11 is 0. The van der Waals surface area contributed by atoms with E-state index >= 15 is 0 Å². The van der Waals surface area contributed by atoms with Crippen molar-refractivity contribution in [1.29, 1.82) is 0 Å². The summed E-state index contributed by atoms with van der Waals surface area (Å²) in [4.78, 5) is 16.8. The largest absolute Gasteiger partial charge is 0.507 e. The number of carbonyl (C=O) groups is 1. The van der Waals surface area contributed by atoms with E-state index in [1.165, 1.54) is 6.07 Å². The van der Waals surface area contributed by atoms with E-state index in [4.69, 9.17) is 4.74 Å². The third-order valence-corrected chi connectivity index (χ3v) is 5.74. The van der Waals surface area contributed by atoms with Crippen LogP contribution in [-0.2, 0) is 0 Å². The van der Waals surface area contributed by atoms with Crippen molar-refractivity contribution in [2.45, 2.75) is 50.7 Å². The maximum absolute atomic E-state index is 12.7. The van der Waals surface area contributed by atoms with Gasteiger partial charge in [0.2, 0.25) is 5.78 Å². The van der Waals surface area contributed by atoms with Crippen LogP contribution in [0.4, 0.5) is 0 Å². The summed E-state index contributed by atoms with van der Waals surface area (Å²) < 4.78 is 6.22. The van der Waals surface area contributed by atoms with Gasteiger partial charge in [0.05, 0.1) is 6.10 Å². The lowest BCUT2D eigenvalue weighted by Gasteiger charge is -2.48. The summed E-state index contributed by atoms with van der Waals surface area (Å²) in [5, 5.41) is 20.8. The molecule has 5 heteroatoms. The zero-order valence-corrected chi connectivity index (χ0v) is 15.0. The number of benzene rings is 1. The first-order valence-corrected chi connectivity index (χ1v) is 9.06. The third-order valence-electron chi connectivity index (χ3n) is 5.74. The zero-order chi connectivity index (χ0) is 18.5. The molecule has 1 aromatic carbocycles. The van der Waals surface area contributed by atoms with Crippen LogP contribution < -0.4 is 4.74 Å². The standard InChI is InChI=1S/C21H23NO4/c1-21(2)15-7-6-13(23)11-14(15)19-17(24)9-12(10-18(19)26-21)20(25)16-5-3-4-8-22-16/h3-5,8-10,13-15,23-24H,6-7,11H2,1-2H3/t13-,14-,15-/m1/s1. The lowest BCUT2D eigenvalue weighted by molar-refractivity contribution is -0.0317. The van der Waals surface area contributed by atoms with Crippen molar-refractivity contribution in [3.8, 4) is 11.5 Å². The fraction of sp³-hybridized carbons (Fsp3) is 0.429. The van der Waals surface area contributed by atoms with E-state index in [1.54, 1.807) is 30.5 Å². The first-order valence-electron chi connectivity index (χ1n) is 9.06. The number of aromatic nitrogens is 1. The van der Waals surface area contributed by atoms with Crippen LogP contribution >= 0.6 is 0 Å². The van der Waals surface area contributed by atoms with Crippen LogP contribution in [0.25, 0.3) is 0 Å². The van der Waals surface area contributed by atoms with Crippen molar-refractivity contribution in [2.75, 3.05) is 0 Å². The van der Waals surface area contributed by atoms with Crippen molar-refractivity contribution >= 4 is 5.78 Å². The van der Waals surface area contributed by atoms with E-state index in [2.05, 4.69) is 4.98 Å². The molecular formula is C21H23NO4. The molecular weight excluding hydrogens is 330 g/mol. The molecule has 5 nitrogen and oxygen atoms in total. The van der Waals surface area contributed by atoms with Crippen molar-refractivity contribution in [3.63, 3.8) is 0 Å². The predicted molar refractivity (Wildman–Crippen MR) is 96.6 cm³/mol. The molecule has 3 atom stereocenters. The van der Waals surface area contributed by atoms with Gasteiger partial charge in [-0.3, -0.25) is 9.78 Å². The van der Waals surface area contributed by atoms with Crippen LogP contribution in [0.5, 0.6) is 11.5 Å². The number of ether oxygens (including phenoxy) is 1. The second kappa shape index (κ2) is 6.09. The molecule has 0 radical (unpaired) electrons. The van der Waals surface area contributed by atoms with E-state index in [9.17, 15) is 15.0 Å². The number of rotatable bonds is 2. The topological polar surface area (TPSA) is 79.7 Å². The number of hydrogen-bond donors (Lipinski definition) is 2. The van der Waals surface area contributed by atoms with E-state index in [0.29, 0.717) is 29.0 Å². The summed E-state index contributed by atoms with van der Waals surface area (Å²) in [5.41, 5.74) is 0.973. The Bertz CT molecular complexity index is 847. The third kappa shape index (κ3) is 2.76. The molecule has 0 unspecified atom stereocenters. The molecule has 136 valence electrons. The minimum atomic E-state index is -0.420. The van der Waals surface area contributed by atoms with Crippen molar-refractivity contribution in [1.82, 2.24) is 4.98 Å². The van der Waals surface area contributed by atoms with E-state index in [1.807, 2.05) is 13.8 Å². The SMILES string of the molecule is CC1(C)Oc2cc(C(=O)c3ccccn3)cc(O)c2[C@@H]2C[C@H](O)CC[C@H]21. The summed E-state index contributed by atoms with van der Waals surface area (Å²) in [7, 11) is 0. The number of fused-ring (bicyclic) bond motifs is 3. The van der Waals surface area contributed by atoms with Crippen LogP contribution in [-0.4, -0.2) is 32.7 Å². The summed E-state index contributed by atoms with van der Waals surface area (Å²) in [6.07, 6.45) is 3.41. The predicted octanol–water partition coefficient (Wildman–Crippen LogP) is 3.43. The number of aliphatic hydroxyl groups is 1. The Hall–Kier alpha value is -2.40. The average molecular weight is 353 g/mol. The Morgan fingerprint density at radius 2 is 2.08 bits per heavy atom. The molecule has 4 rings (SSSR count). The van der Waals surface area contributed by atoms with E-state index < -0.39 is 5.60 Å². The van der Waals surface area contributed by atoms with Gasteiger partial charge < -0.3 is 14.9 Å². The second-order valence-corrected chi connectivity index (χ2v) is 7.84. The lowest BCUT2D eigenvalue weighted by atomic mass is 9.66. The van der Waals surface area contributed by atoms with Crippen molar-refractivity contribution in [3.05, 3.63) is 53.3 Å². The van der Waals surface area contributed by atoms with Crippen LogP contribution in [0.3, 0.4) is 0 Å². The maximum atomic E-state index is 12.7. The molecule has 2 aromatic rings. The average Bonchev–Trinajstić information content (AvgIpc) is 2.60. The zero-order valence-electron chi connectivity index (χ0n) is 15.0. The Morgan fingerprint density at radius 3 is 2.81 bits per heavy atom. The number of ketones is 1. The number of nitrogens with zero attached hydrogens (tertiary/aromatic N) is 1. The Kier molecular flexibility index (Phi) is 3.99. The molecule has 0 amide bonds. The normalized spacial score (nSPS) is 26.3. The van der Waals surface area contributed by atoms with Crippen LogP contribution in [0.2, 0.25) is 0 Å². The highest BCUT2D eigenvalue weighted by Crippen LogP contribution is 2.54. The molecule has 2 aliphatic rings. The molecule has 0 spiro atoms. The highest BCUT2D eigenvalue weighted by molar-refractivity contribution is 6.08. The van der Waals surface area contributed by atoms with Gasteiger partial charge in [0.1, 0.15) is 22.8 Å². The number of phenolic OH excluding ortho intramolecular Hbond substituents is 1. The van der Waals surface area contributed by atoms with Gasteiger partial charge in [-0.05, 0) is 57.4 Å². The number of aliphatic hydroxyl groups excluding tert-OH is 1. The first-order chi connectivity index (χ1) is 12.4. The molecule has 26 heavy (non-hydrogen) atoms. The molecule has 1 fully saturated rings. The minimum absolute atomic E-state index is 0.0245. The van der Waals surface area contributed by atoms with Crippen LogP contribution in [0.15, 0.2) is 36.5 Å². The number of hydrogen-bond acceptors (Lipinski definition) is 5. The van der Waals surface area contributed by atoms with Gasteiger partial charge in [-0.25, -0.2) is 0 Å². The van der Waals surface area contributed by atoms with Gasteiger partial charge in [0.25, 0.3) is 0 Å². The molecule has 1 aliphatic carbocycles. The number of aromatic hydroxyl groups is 1. The molecule has 2 N–H and O–H groups in total. The maximum Gasteiger partial charge on any atom is 0.211 e. The molecule has 1 saturated carbocycles. The molecule has 0 saturated heterocycles. The molecule has 1 aliphatic heterocycles. The van der Waals surface area contributed by atoms with Gasteiger partial charge in [-0.15, -0.1) is 0 Å². The fourth-order valence-corrected chi connectivity index (χ4v) is 4.50. The minimum Gasteiger partial charge on any atom is -0.507 e. The number of pyridine rings is 1. The monoisotopic (exact) mass is 353 g/mol. The highest BCUT2D eigenvalue weighted by Gasteiger charge is 2.47. The summed E-state index contributed by atoms with van der Waals surface area (Å²) in [5.74, 6) is 0.583. The van der Waals surface area contributed by atoms with Crippen molar-refractivity contribution in [2.24, 2.45) is 5.92 Å². The first kappa shape index (κ1) is 17.0. The van der Waals surface area contributed by atoms with Crippen molar-refractivity contribution < 1.29 is 19.7 Å². The Labute approximate surface area is 152 Å². The summed E-state index contributed by atoms with van der Waals surface area (Å²) in [6, 6.07) is 8.35. The molecule has 0 bridgehead atoms. The van der Waals surface area contributed by atoms with Gasteiger partial charge in [0, 0.05) is 29.2 Å². The Morgan fingerprint density at radius 1 is 1.27 bits per heavy atom. The summed E-state index contributed by atoms with van der Waals surface area (Å²) in [6.45, 7) is 4.07. The van der Waals surface area contributed by atoms with E-state index in [0.717, 1.165) is 12.8 Å². The quantitative estimate of drug-likeness (QED) is 0.809. The van der Waals surface area contributed by atoms with Crippen LogP contribution in [0, 0.1) is 5.92 Å². The number of phenols is 1. The number of carbonyl (C=O) groups excluding carboxylic acids is 1. The van der Waals surface area contributed by atoms with Gasteiger partial charge in [0.15, 0.2) is 0 Å².